The van der Waals surface area contributed by atoms with Crippen molar-refractivity contribution in [1.29, 1.82) is 0 Å². The second-order valence-corrected chi connectivity index (χ2v) is 1.54. The summed E-state index contributed by atoms with van der Waals surface area (Å²) in [6.45, 7) is 0. The van der Waals surface area contributed by atoms with Gasteiger partial charge in [0.05, 0.1) is 0 Å². The first kappa shape index (κ1) is 16.1. The minimum absolute atomic E-state index is 0. The van der Waals surface area contributed by atoms with Crippen molar-refractivity contribution in [2.75, 3.05) is 0 Å². The zero-order chi connectivity index (χ0) is 4.50. The van der Waals surface area contributed by atoms with Gasteiger partial charge in [0.25, 0.3) is 0 Å². The quantitative estimate of drug-likeness (QED) is 0.376. The summed E-state index contributed by atoms with van der Waals surface area (Å²) < 4.78 is 8.88. The summed E-state index contributed by atoms with van der Waals surface area (Å²) in [5.74, 6) is 0. The van der Waals surface area contributed by atoms with Gasteiger partial charge in [0.2, 0.25) is 0 Å². The van der Waals surface area contributed by atoms with Crippen molar-refractivity contribution in [3.8, 4) is 0 Å². The summed E-state index contributed by atoms with van der Waals surface area (Å²) in [5, 5.41) is 0. The van der Waals surface area contributed by atoms with Crippen molar-refractivity contribution in [2.45, 2.75) is 0 Å². The Morgan fingerprint density at radius 3 is 1.29 bits per heavy atom. The number of phosphoric acid groups is 1. The fraction of sp³-hybridized carbons (Fsp3) is 0. The molecular formula is H5AgCaO4P. The maximum absolute atomic E-state index is 8.88. The minimum Gasteiger partial charge on any atom is -1.00 e. The molecule has 4 nitrogen and oxygen atoms in total. The van der Waals surface area contributed by atoms with Gasteiger partial charge in [0.1, 0.15) is 0 Å². The summed E-state index contributed by atoms with van der Waals surface area (Å²) in [6.07, 6.45) is 0. The monoisotopic (exact) mass is 247 g/mol. The van der Waals surface area contributed by atoms with E-state index in [1.165, 1.54) is 0 Å². The summed E-state index contributed by atoms with van der Waals surface area (Å²) in [7, 11) is -4.64. The zero-order valence-corrected chi connectivity index (χ0v) is 7.79. The molecule has 47 valence electrons. The average Bonchev–Trinajstić information content (AvgIpc) is 0.722. The van der Waals surface area contributed by atoms with Gasteiger partial charge >= 0.3 is 45.6 Å². The standard InChI is InChI=1S/Ag.Ca.H3O4P.2H/c;;1-5(2,3)4;;/h;;(H3,1,2,3,4);;/q;+2;;2*-1. The molecule has 0 rings (SSSR count). The molecule has 0 aromatic rings. The van der Waals surface area contributed by atoms with Crippen molar-refractivity contribution in [2.24, 2.45) is 0 Å². The van der Waals surface area contributed by atoms with Gasteiger partial charge in [-0.3, -0.25) is 0 Å². The maximum atomic E-state index is 8.88. The van der Waals surface area contributed by atoms with Crippen LogP contribution >= 0.6 is 7.82 Å². The van der Waals surface area contributed by atoms with Crippen LogP contribution in [0.1, 0.15) is 2.85 Å². The third kappa shape index (κ3) is 68.0. The first-order chi connectivity index (χ1) is 2.00. The molecule has 7 heavy (non-hydrogen) atoms. The molecule has 0 amide bonds. The SMILES string of the molecule is O=P(O)(O)O.[Ag].[Ca+2].[H-].[H-]. The molecule has 0 heterocycles. The van der Waals surface area contributed by atoms with Gasteiger partial charge in [0, 0.05) is 22.4 Å². The van der Waals surface area contributed by atoms with Crippen molar-refractivity contribution in [3.05, 3.63) is 0 Å². The predicted molar refractivity (Wildman–Crippen MR) is 22.2 cm³/mol. The first-order valence-corrected chi connectivity index (χ1v) is 2.35. The third-order valence-corrected chi connectivity index (χ3v) is 0. The fourth-order valence-electron chi connectivity index (χ4n) is 0. The van der Waals surface area contributed by atoms with E-state index in [9.17, 15) is 0 Å². The fourth-order valence-corrected chi connectivity index (χ4v) is 0. The average molecular weight is 248 g/mol. The van der Waals surface area contributed by atoms with Crippen LogP contribution in [-0.4, -0.2) is 52.4 Å². The molecule has 0 spiro atoms. The molecule has 7 heteroatoms. The molecule has 0 saturated heterocycles. The van der Waals surface area contributed by atoms with Gasteiger partial charge in [-0.05, 0) is 0 Å². The molecule has 0 aromatic heterocycles. The van der Waals surface area contributed by atoms with E-state index < -0.39 is 7.82 Å². The summed E-state index contributed by atoms with van der Waals surface area (Å²) in [6, 6.07) is 0. The van der Waals surface area contributed by atoms with Crippen molar-refractivity contribution in [1.82, 2.24) is 0 Å². The van der Waals surface area contributed by atoms with Crippen LogP contribution in [0.5, 0.6) is 0 Å². The number of rotatable bonds is 0. The van der Waals surface area contributed by atoms with E-state index >= 15 is 0 Å². The Morgan fingerprint density at radius 1 is 1.29 bits per heavy atom. The maximum Gasteiger partial charge on any atom is 2.00 e. The molecule has 0 aliphatic heterocycles. The molecule has 0 saturated carbocycles. The van der Waals surface area contributed by atoms with E-state index in [4.69, 9.17) is 19.2 Å². The van der Waals surface area contributed by atoms with Gasteiger partial charge in [-0.1, -0.05) is 0 Å². The van der Waals surface area contributed by atoms with Crippen LogP contribution in [0.15, 0.2) is 0 Å². The number of hydrogen-bond acceptors (Lipinski definition) is 1. The van der Waals surface area contributed by atoms with Crippen LogP contribution in [0.3, 0.4) is 0 Å². The second kappa shape index (κ2) is 6.23. The number of hydrogen-bond donors (Lipinski definition) is 3. The predicted octanol–water partition coefficient (Wildman–Crippen LogP) is -1.09. The van der Waals surface area contributed by atoms with Crippen LogP contribution in [-0.2, 0) is 26.9 Å². The Kier molecular flexibility index (Phi) is 14.3. The van der Waals surface area contributed by atoms with Gasteiger partial charge in [0.15, 0.2) is 0 Å². The van der Waals surface area contributed by atoms with Crippen LogP contribution in [0, 0.1) is 0 Å². The smallest absolute Gasteiger partial charge is 1.00 e. The summed E-state index contributed by atoms with van der Waals surface area (Å²) in [5.41, 5.74) is 0. The van der Waals surface area contributed by atoms with Gasteiger partial charge in [-0.25, -0.2) is 4.57 Å². The third-order valence-electron chi connectivity index (χ3n) is 0. The van der Waals surface area contributed by atoms with E-state index in [1.807, 2.05) is 0 Å². The van der Waals surface area contributed by atoms with Gasteiger partial charge in [-0.15, -0.1) is 0 Å². The second-order valence-electron chi connectivity index (χ2n) is 0.513. The summed E-state index contributed by atoms with van der Waals surface area (Å²) >= 11 is 0. The molecule has 0 bridgehead atoms. The first-order valence-electron chi connectivity index (χ1n) is 0.783. The molecule has 0 aliphatic rings. The van der Waals surface area contributed by atoms with E-state index in [-0.39, 0.29) is 63.0 Å². The Labute approximate surface area is 89.0 Å². The molecule has 0 atom stereocenters. The van der Waals surface area contributed by atoms with Crippen LogP contribution in [0.4, 0.5) is 0 Å². The van der Waals surface area contributed by atoms with Crippen LogP contribution in [0.25, 0.3) is 0 Å². The molecule has 1 radical (unpaired) electrons. The molecule has 0 unspecified atom stereocenters. The van der Waals surface area contributed by atoms with Crippen LogP contribution < -0.4 is 0 Å². The van der Waals surface area contributed by atoms with Gasteiger partial charge < -0.3 is 17.5 Å². The molecule has 0 fully saturated rings. The molecule has 0 aliphatic carbocycles. The Bertz CT molecular complexity index is 64.7. The normalized spacial score (nSPS) is 8.43. The van der Waals surface area contributed by atoms with Crippen molar-refractivity contribution >= 4 is 45.6 Å². The largest absolute Gasteiger partial charge is 2.00 e. The van der Waals surface area contributed by atoms with E-state index in [0.29, 0.717) is 0 Å². The van der Waals surface area contributed by atoms with Crippen molar-refractivity contribution in [3.63, 3.8) is 0 Å². The zero-order valence-electron chi connectivity index (χ0n) is 5.21. The molecule has 0 aromatic carbocycles. The van der Waals surface area contributed by atoms with Crippen LogP contribution in [0.2, 0.25) is 0 Å². The Balaban J connectivity index is -0.0000000133. The van der Waals surface area contributed by atoms with E-state index in [2.05, 4.69) is 0 Å². The van der Waals surface area contributed by atoms with Crippen molar-refractivity contribution < 1.29 is 44.5 Å². The molecular weight excluding hydrogens is 243 g/mol. The molecule has 3 N–H and O–H groups in total. The Hall–Kier alpha value is 2.11. The topological polar surface area (TPSA) is 77.8 Å². The van der Waals surface area contributed by atoms with Gasteiger partial charge in [-0.2, -0.15) is 0 Å². The minimum atomic E-state index is -4.64. The van der Waals surface area contributed by atoms with E-state index in [0.717, 1.165) is 0 Å². The summed E-state index contributed by atoms with van der Waals surface area (Å²) in [4.78, 5) is 21.6. The van der Waals surface area contributed by atoms with E-state index in [1.54, 1.807) is 0 Å². The Morgan fingerprint density at radius 2 is 1.29 bits per heavy atom.